The van der Waals surface area contributed by atoms with Gasteiger partial charge in [0, 0.05) is 19.6 Å². The number of hydrogen-bond acceptors (Lipinski definition) is 3. The number of halogens is 1. The number of carbonyl (C=O) groups excluding carboxylic acids is 1. The minimum Gasteiger partial charge on any atom is -0.450 e. The summed E-state index contributed by atoms with van der Waals surface area (Å²) in [5, 5.41) is 9.87. The third-order valence-corrected chi connectivity index (χ3v) is 5.16. The van der Waals surface area contributed by atoms with Gasteiger partial charge in [-0.3, -0.25) is 4.99 Å². The maximum absolute atomic E-state index is 11.7. The number of aliphatic imine (C=N–C) groups is 1. The van der Waals surface area contributed by atoms with Crippen molar-refractivity contribution in [1.29, 1.82) is 0 Å². The van der Waals surface area contributed by atoms with Crippen molar-refractivity contribution in [3.05, 3.63) is 0 Å². The maximum Gasteiger partial charge on any atom is 0.407 e. The lowest BCUT2D eigenvalue weighted by Crippen LogP contribution is -2.50. The van der Waals surface area contributed by atoms with E-state index in [-0.39, 0.29) is 36.1 Å². The van der Waals surface area contributed by atoms with Crippen LogP contribution in [0.1, 0.15) is 59.3 Å². The van der Waals surface area contributed by atoms with E-state index in [1.54, 1.807) is 7.05 Å². The number of carbonyl (C=O) groups is 1. The zero-order valence-corrected chi connectivity index (χ0v) is 18.4. The van der Waals surface area contributed by atoms with Crippen LogP contribution in [-0.4, -0.2) is 44.3 Å². The standard InChI is InChI=1S/C18H34N4O2.HI/c1-5-24-17(23)22-15(13-6-7-13)12-20-16(19-4)21-14-8-10-18(2,3)11-9-14;/h13-15H,5-12H2,1-4H3,(H,22,23)(H2,19,20,21);1H. The van der Waals surface area contributed by atoms with Crippen LogP contribution in [0.25, 0.3) is 0 Å². The van der Waals surface area contributed by atoms with Gasteiger partial charge in [-0.15, -0.1) is 24.0 Å². The van der Waals surface area contributed by atoms with E-state index < -0.39 is 0 Å². The van der Waals surface area contributed by atoms with Crippen molar-refractivity contribution in [2.75, 3.05) is 20.2 Å². The number of alkyl carbamates (subject to hydrolysis) is 1. The Morgan fingerprint density at radius 1 is 1.24 bits per heavy atom. The fourth-order valence-corrected chi connectivity index (χ4v) is 3.30. The molecular weight excluding hydrogens is 431 g/mol. The van der Waals surface area contributed by atoms with E-state index in [0.29, 0.717) is 30.5 Å². The Bertz CT molecular complexity index is 442. The molecule has 0 aromatic rings. The van der Waals surface area contributed by atoms with Gasteiger partial charge in [-0.2, -0.15) is 0 Å². The van der Waals surface area contributed by atoms with Gasteiger partial charge in [0.1, 0.15) is 0 Å². The summed E-state index contributed by atoms with van der Waals surface area (Å²) >= 11 is 0. The number of amides is 1. The van der Waals surface area contributed by atoms with E-state index in [4.69, 9.17) is 4.74 Å². The molecule has 0 bridgehead atoms. The van der Waals surface area contributed by atoms with E-state index in [1.807, 2.05) is 6.92 Å². The number of hydrogen-bond donors (Lipinski definition) is 3. The zero-order valence-electron chi connectivity index (χ0n) is 16.1. The Balaban J connectivity index is 0.00000312. The SMILES string of the molecule is CCOC(=O)NC(CNC(=NC)NC1CCC(C)(C)CC1)C1CC1.I. The van der Waals surface area contributed by atoms with Crippen LogP contribution in [0, 0.1) is 11.3 Å². The fraction of sp³-hybridized carbons (Fsp3) is 0.889. The molecule has 0 spiro atoms. The van der Waals surface area contributed by atoms with Crippen LogP contribution in [0.15, 0.2) is 4.99 Å². The van der Waals surface area contributed by atoms with Gasteiger partial charge in [0.05, 0.1) is 12.6 Å². The molecule has 1 unspecified atom stereocenters. The lowest BCUT2D eigenvalue weighted by molar-refractivity contribution is 0.146. The van der Waals surface area contributed by atoms with Gasteiger partial charge in [0.25, 0.3) is 0 Å². The molecule has 0 saturated heterocycles. The third-order valence-electron chi connectivity index (χ3n) is 5.16. The van der Waals surface area contributed by atoms with E-state index in [9.17, 15) is 4.79 Å². The molecule has 1 atom stereocenters. The van der Waals surface area contributed by atoms with Crippen LogP contribution < -0.4 is 16.0 Å². The maximum atomic E-state index is 11.7. The van der Waals surface area contributed by atoms with Crippen molar-refractivity contribution in [3.8, 4) is 0 Å². The van der Waals surface area contributed by atoms with Gasteiger partial charge >= 0.3 is 6.09 Å². The van der Waals surface area contributed by atoms with Crippen LogP contribution >= 0.6 is 24.0 Å². The van der Waals surface area contributed by atoms with Gasteiger partial charge in [-0.25, -0.2) is 4.79 Å². The normalized spacial score (nSPS) is 21.7. The van der Waals surface area contributed by atoms with E-state index in [0.717, 1.165) is 5.96 Å². The average molecular weight is 466 g/mol. The minimum absolute atomic E-state index is 0. The molecule has 0 aromatic heterocycles. The van der Waals surface area contributed by atoms with E-state index in [1.165, 1.54) is 38.5 Å². The molecule has 146 valence electrons. The zero-order chi connectivity index (χ0) is 17.6. The van der Waals surface area contributed by atoms with Crippen LogP contribution in [0.5, 0.6) is 0 Å². The topological polar surface area (TPSA) is 74.8 Å². The highest BCUT2D eigenvalue weighted by Crippen LogP contribution is 2.35. The molecule has 6 nitrogen and oxygen atoms in total. The highest BCUT2D eigenvalue weighted by atomic mass is 127. The van der Waals surface area contributed by atoms with Gasteiger partial charge in [0.2, 0.25) is 0 Å². The van der Waals surface area contributed by atoms with Crippen molar-refractivity contribution in [2.45, 2.75) is 71.4 Å². The molecule has 3 N–H and O–H groups in total. The minimum atomic E-state index is -0.325. The molecular formula is C18H35IN4O2. The van der Waals surface area contributed by atoms with Crippen LogP contribution in [0.2, 0.25) is 0 Å². The number of ether oxygens (including phenoxy) is 1. The summed E-state index contributed by atoms with van der Waals surface area (Å²) in [4.78, 5) is 16.0. The second-order valence-corrected chi connectivity index (χ2v) is 7.84. The molecule has 2 fully saturated rings. The first kappa shape index (κ1) is 22.3. The van der Waals surface area contributed by atoms with Crippen molar-refractivity contribution in [2.24, 2.45) is 16.3 Å². The smallest absolute Gasteiger partial charge is 0.407 e. The van der Waals surface area contributed by atoms with Gasteiger partial charge in [-0.05, 0) is 56.8 Å². The molecule has 2 rings (SSSR count). The average Bonchev–Trinajstić information content (AvgIpc) is 3.36. The molecule has 0 aliphatic heterocycles. The van der Waals surface area contributed by atoms with Gasteiger partial charge in [-0.1, -0.05) is 13.8 Å². The highest BCUT2D eigenvalue weighted by Gasteiger charge is 2.33. The van der Waals surface area contributed by atoms with Crippen LogP contribution in [-0.2, 0) is 4.74 Å². The van der Waals surface area contributed by atoms with Crippen molar-refractivity contribution < 1.29 is 9.53 Å². The summed E-state index contributed by atoms with van der Waals surface area (Å²) in [6.45, 7) is 7.59. The molecule has 0 aromatic carbocycles. The third kappa shape index (κ3) is 8.00. The van der Waals surface area contributed by atoms with E-state index in [2.05, 4.69) is 34.8 Å². The van der Waals surface area contributed by atoms with Crippen molar-refractivity contribution in [3.63, 3.8) is 0 Å². The number of nitrogens with one attached hydrogen (secondary N) is 3. The lowest BCUT2D eigenvalue weighted by atomic mass is 9.75. The second kappa shape index (κ2) is 10.4. The molecule has 2 saturated carbocycles. The number of rotatable bonds is 6. The number of guanidine groups is 1. The Morgan fingerprint density at radius 2 is 1.88 bits per heavy atom. The Morgan fingerprint density at radius 3 is 2.40 bits per heavy atom. The van der Waals surface area contributed by atoms with E-state index >= 15 is 0 Å². The lowest BCUT2D eigenvalue weighted by Gasteiger charge is -2.35. The first-order valence-corrected chi connectivity index (χ1v) is 9.34. The first-order valence-electron chi connectivity index (χ1n) is 9.34. The fourth-order valence-electron chi connectivity index (χ4n) is 3.30. The van der Waals surface area contributed by atoms with Gasteiger partial charge < -0.3 is 20.7 Å². The molecule has 25 heavy (non-hydrogen) atoms. The quantitative estimate of drug-likeness (QED) is 0.319. The monoisotopic (exact) mass is 466 g/mol. The summed E-state index contributed by atoms with van der Waals surface area (Å²) in [6, 6.07) is 0.592. The Labute approximate surface area is 169 Å². The van der Waals surface area contributed by atoms with Crippen LogP contribution in [0.3, 0.4) is 0 Å². The predicted octanol–water partition coefficient (Wildman–Crippen LogP) is 3.26. The van der Waals surface area contributed by atoms with Crippen molar-refractivity contribution >= 4 is 36.0 Å². The highest BCUT2D eigenvalue weighted by molar-refractivity contribution is 14.0. The summed E-state index contributed by atoms with van der Waals surface area (Å²) in [6.07, 6.45) is 6.87. The largest absolute Gasteiger partial charge is 0.450 e. The predicted molar refractivity (Wildman–Crippen MR) is 113 cm³/mol. The molecule has 0 heterocycles. The van der Waals surface area contributed by atoms with Gasteiger partial charge in [0.15, 0.2) is 5.96 Å². The van der Waals surface area contributed by atoms with Crippen molar-refractivity contribution in [1.82, 2.24) is 16.0 Å². The number of nitrogens with zero attached hydrogens (tertiary/aromatic N) is 1. The molecule has 2 aliphatic rings. The summed E-state index contributed by atoms with van der Waals surface area (Å²) in [5.74, 6) is 1.38. The Kier molecular flexibility index (Phi) is 9.30. The second-order valence-electron chi connectivity index (χ2n) is 7.84. The summed E-state index contributed by atoms with van der Waals surface area (Å²) < 4.78 is 5.00. The molecule has 0 radical (unpaired) electrons. The summed E-state index contributed by atoms with van der Waals surface area (Å²) in [5.41, 5.74) is 0.468. The molecule has 1 amide bonds. The summed E-state index contributed by atoms with van der Waals surface area (Å²) in [7, 11) is 1.80. The molecule has 2 aliphatic carbocycles. The van der Waals surface area contributed by atoms with Crippen LogP contribution in [0.4, 0.5) is 4.79 Å². The molecule has 7 heteroatoms. The Hall–Kier alpha value is -0.730. The first-order chi connectivity index (χ1) is 11.4.